The fraction of sp³-hybridized carbons (Fsp3) is 0.500. The lowest BCUT2D eigenvalue weighted by molar-refractivity contribution is 0.411. The van der Waals surface area contributed by atoms with E-state index in [0.29, 0.717) is 23.5 Å². The number of ether oxygens (including phenoxy) is 1. The summed E-state index contributed by atoms with van der Waals surface area (Å²) in [6.45, 7) is 2.03. The van der Waals surface area contributed by atoms with E-state index in [1.165, 1.54) is 0 Å². The van der Waals surface area contributed by atoms with Gasteiger partial charge in [0.2, 0.25) is 0 Å². The normalized spacial score (nSPS) is 17.8. The van der Waals surface area contributed by atoms with E-state index in [4.69, 9.17) is 10.5 Å². The lowest BCUT2D eigenvalue weighted by Crippen LogP contribution is -2.31. The minimum Gasteiger partial charge on any atom is -0.496 e. The molecule has 1 aliphatic carbocycles. The predicted molar refractivity (Wildman–Crippen MR) is 65.9 cm³/mol. The van der Waals surface area contributed by atoms with Crippen LogP contribution in [-0.4, -0.2) is 26.8 Å². The molecular formula is C12H17NO3S. The topological polar surface area (TPSA) is 69.4 Å². The van der Waals surface area contributed by atoms with E-state index >= 15 is 0 Å². The van der Waals surface area contributed by atoms with Gasteiger partial charge in [0, 0.05) is 6.54 Å². The second kappa shape index (κ2) is 3.99. The van der Waals surface area contributed by atoms with Crippen molar-refractivity contribution >= 4 is 9.84 Å². The Bertz CT molecular complexity index is 533. The summed E-state index contributed by atoms with van der Waals surface area (Å²) in [7, 11) is -1.74. The van der Waals surface area contributed by atoms with Gasteiger partial charge < -0.3 is 10.5 Å². The van der Waals surface area contributed by atoms with E-state index in [0.717, 1.165) is 5.56 Å². The molecule has 5 heteroatoms. The Morgan fingerprint density at radius 1 is 1.41 bits per heavy atom. The number of hydrogen-bond acceptors (Lipinski definition) is 4. The number of aryl methyl sites for hydroxylation is 1. The van der Waals surface area contributed by atoms with Crippen LogP contribution >= 0.6 is 0 Å². The van der Waals surface area contributed by atoms with Gasteiger partial charge >= 0.3 is 0 Å². The summed E-state index contributed by atoms with van der Waals surface area (Å²) in [5.74, 6) is 0.696. The minimum absolute atomic E-state index is 0.195. The SMILES string of the molecule is COc1ccc(S(=O)(=O)C2(CN)CC2)cc1C. The first kappa shape index (κ1) is 12.4. The van der Waals surface area contributed by atoms with Crippen molar-refractivity contribution in [2.45, 2.75) is 29.4 Å². The highest BCUT2D eigenvalue weighted by Crippen LogP contribution is 2.46. The van der Waals surface area contributed by atoms with Gasteiger partial charge in [-0.25, -0.2) is 8.42 Å². The largest absolute Gasteiger partial charge is 0.496 e. The van der Waals surface area contributed by atoms with Crippen LogP contribution in [0, 0.1) is 6.92 Å². The quantitative estimate of drug-likeness (QED) is 0.879. The van der Waals surface area contributed by atoms with E-state index < -0.39 is 14.6 Å². The molecule has 0 radical (unpaired) electrons. The Labute approximate surface area is 102 Å². The highest BCUT2D eigenvalue weighted by molar-refractivity contribution is 7.93. The van der Waals surface area contributed by atoms with Crippen LogP contribution in [0.5, 0.6) is 5.75 Å². The third-order valence-corrected chi connectivity index (χ3v) is 6.02. The molecule has 1 aromatic carbocycles. The van der Waals surface area contributed by atoms with Crippen molar-refractivity contribution in [1.29, 1.82) is 0 Å². The molecule has 0 heterocycles. The molecule has 94 valence electrons. The lowest BCUT2D eigenvalue weighted by atomic mass is 10.2. The van der Waals surface area contributed by atoms with E-state index in [9.17, 15) is 8.42 Å². The Balaban J connectivity index is 2.45. The zero-order valence-electron chi connectivity index (χ0n) is 10.1. The van der Waals surface area contributed by atoms with E-state index in [1.807, 2.05) is 6.92 Å². The molecule has 0 amide bonds. The molecule has 0 unspecified atom stereocenters. The Kier molecular flexibility index (Phi) is 2.91. The maximum atomic E-state index is 12.4. The predicted octanol–water partition coefficient (Wildman–Crippen LogP) is 1.27. The summed E-state index contributed by atoms with van der Waals surface area (Å²) in [6.07, 6.45) is 1.33. The average molecular weight is 255 g/mol. The van der Waals surface area contributed by atoms with Crippen LogP contribution in [0.2, 0.25) is 0 Å². The lowest BCUT2D eigenvalue weighted by Gasteiger charge is -2.15. The molecule has 0 bridgehead atoms. The smallest absolute Gasteiger partial charge is 0.185 e. The zero-order chi connectivity index (χ0) is 12.7. The van der Waals surface area contributed by atoms with Crippen molar-refractivity contribution in [1.82, 2.24) is 0 Å². The molecule has 0 atom stereocenters. The summed E-state index contributed by atoms with van der Waals surface area (Å²) in [5, 5.41) is 0. The molecular weight excluding hydrogens is 238 g/mol. The summed E-state index contributed by atoms with van der Waals surface area (Å²) in [5.41, 5.74) is 6.40. The molecule has 0 aromatic heterocycles. The highest BCUT2D eigenvalue weighted by atomic mass is 32.2. The molecule has 1 saturated carbocycles. The number of benzene rings is 1. The third-order valence-electron chi connectivity index (χ3n) is 3.43. The Morgan fingerprint density at radius 3 is 2.47 bits per heavy atom. The molecule has 0 saturated heterocycles. The summed E-state index contributed by atoms with van der Waals surface area (Å²) >= 11 is 0. The second-order valence-electron chi connectivity index (χ2n) is 4.52. The minimum atomic E-state index is -3.31. The summed E-state index contributed by atoms with van der Waals surface area (Å²) in [6, 6.07) is 4.94. The van der Waals surface area contributed by atoms with Gasteiger partial charge in [0.25, 0.3) is 0 Å². The first-order chi connectivity index (χ1) is 7.97. The van der Waals surface area contributed by atoms with Gasteiger partial charge in [0.05, 0.1) is 16.8 Å². The van der Waals surface area contributed by atoms with Gasteiger partial charge in [0.1, 0.15) is 5.75 Å². The average Bonchev–Trinajstić information content (AvgIpc) is 3.10. The first-order valence-electron chi connectivity index (χ1n) is 5.56. The van der Waals surface area contributed by atoms with Gasteiger partial charge in [0.15, 0.2) is 9.84 Å². The molecule has 1 aromatic rings. The third kappa shape index (κ3) is 1.83. The van der Waals surface area contributed by atoms with E-state index in [-0.39, 0.29) is 6.54 Å². The van der Waals surface area contributed by atoms with Crippen LogP contribution in [0.15, 0.2) is 23.1 Å². The summed E-state index contributed by atoms with van der Waals surface area (Å²) in [4.78, 5) is 0.346. The molecule has 2 rings (SSSR count). The van der Waals surface area contributed by atoms with Crippen LogP contribution in [0.1, 0.15) is 18.4 Å². The van der Waals surface area contributed by atoms with Crippen molar-refractivity contribution in [3.05, 3.63) is 23.8 Å². The zero-order valence-corrected chi connectivity index (χ0v) is 10.9. The van der Waals surface area contributed by atoms with Crippen LogP contribution in [0.3, 0.4) is 0 Å². The van der Waals surface area contributed by atoms with Crippen LogP contribution in [-0.2, 0) is 9.84 Å². The van der Waals surface area contributed by atoms with Gasteiger partial charge in [-0.15, -0.1) is 0 Å². The van der Waals surface area contributed by atoms with Crippen molar-refractivity contribution in [2.75, 3.05) is 13.7 Å². The molecule has 0 aliphatic heterocycles. The number of sulfone groups is 1. The highest BCUT2D eigenvalue weighted by Gasteiger charge is 2.53. The van der Waals surface area contributed by atoms with Gasteiger partial charge in [-0.2, -0.15) is 0 Å². The van der Waals surface area contributed by atoms with Crippen molar-refractivity contribution in [2.24, 2.45) is 5.73 Å². The maximum absolute atomic E-state index is 12.4. The van der Waals surface area contributed by atoms with Gasteiger partial charge in [-0.05, 0) is 43.5 Å². The number of rotatable bonds is 4. The number of hydrogen-bond donors (Lipinski definition) is 1. The second-order valence-corrected chi connectivity index (χ2v) is 6.87. The summed E-state index contributed by atoms with van der Waals surface area (Å²) < 4.78 is 29.2. The standard InChI is InChI=1S/C12H17NO3S/c1-9-7-10(3-4-11(9)16-2)17(14,15)12(8-13)5-6-12/h3-4,7H,5-6,8,13H2,1-2H3. The first-order valence-corrected chi connectivity index (χ1v) is 7.04. The van der Waals surface area contributed by atoms with Gasteiger partial charge in [-0.1, -0.05) is 0 Å². The fourth-order valence-corrected chi connectivity index (χ4v) is 3.93. The van der Waals surface area contributed by atoms with Gasteiger partial charge in [-0.3, -0.25) is 0 Å². The molecule has 0 spiro atoms. The van der Waals surface area contributed by atoms with Crippen molar-refractivity contribution < 1.29 is 13.2 Å². The van der Waals surface area contributed by atoms with Crippen LogP contribution < -0.4 is 10.5 Å². The molecule has 1 fully saturated rings. The van der Waals surface area contributed by atoms with E-state index in [2.05, 4.69) is 0 Å². The molecule has 4 nitrogen and oxygen atoms in total. The molecule has 17 heavy (non-hydrogen) atoms. The van der Waals surface area contributed by atoms with Crippen molar-refractivity contribution in [3.63, 3.8) is 0 Å². The molecule has 2 N–H and O–H groups in total. The van der Waals surface area contributed by atoms with Crippen molar-refractivity contribution in [3.8, 4) is 5.75 Å². The Morgan fingerprint density at radius 2 is 2.06 bits per heavy atom. The number of nitrogens with two attached hydrogens (primary N) is 1. The Hall–Kier alpha value is -1.07. The fourth-order valence-electron chi connectivity index (χ4n) is 1.99. The molecule has 1 aliphatic rings. The van der Waals surface area contributed by atoms with E-state index in [1.54, 1.807) is 25.3 Å². The maximum Gasteiger partial charge on any atom is 0.185 e. The van der Waals surface area contributed by atoms with Crippen LogP contribution in [0.4, 0.5) is 0 Å². The monoisotopic (exact) mass is 255 g/mol. The number of methoxy groups -OCH3 is 1. The van der Waals surface area contributed by atoms with Crippen LogP contribution in [0.25, 0.3) is 0 Å².